The van der Waals surface area contributed by atoms with E-state index in [0.717, 1.165) is 12.1 Å². The van der Waals surface area contributed by atoms with Gasteiger partial charge in [0.05, 0.1) is 17.1 Å². The highest BCUT2D eigenvalue weighted by Gasteiger charge is 2.30. The number of carbonyl (C=O) groups excluding carboxylic acids is 4. The number of hydrogen-bond acceptors (Lipinski definition) is 6. The van der Waals surface area contributed by atoms with Crippen LogP contribution in [0.5, 0.6) is 11.5 Å². The molecule has 1 aliphatic rings. The second-order valence-corrected chi connectivity index (χ2v) is 4.66. The van der Waals surface area contributed by atoms with Crippen LogP contribution in [0.1, 0.15) is 10.4 Å². The average molecular weight is 328 g/mol. The lowest BCUT2D eigenvalue weighted by Gasteiger charge is -2.26. The van der Waals surface area contributed by atoms with Crippen LogP contribution in [0.25, 0.3) is 0 Å². The summed E-state index contributed by atoms with van der Waals surface area (Å²) in [6, 6.07) is 2.03. The fourth-order valence-electron chi connectivity index (χ4n) is 1.71. The summed E-state index contributed by atoms with van der Waals surface area (Å²) < 4.78 is 0. The zero-order valence-electron chi connectivity index (χ0n) is 10.9. The van der Waals surface area contributed by atoms with Gasteiger partial charge in [-0.2, -0.15) is 0 Å². The molecule has 0 saturated carbocycles. The van der Waals surface area contributed by atoms with E-state index in [1.54, 1.807) is 0 Å². The maximum absolute atomic E-state index is 12.0. The smallest absolute Gasteiger partial charge is 0.330 e. The third-order valence-corrected chi connectivity index (χ3v) is 3.23. The van der Waals surface area contributed by atoms with Crippen LogP contribution in [0.2, 0.25) is 5.02 Å². The first-order chi connectivity index (χ1) is 10.3. The van der Waals surface area contributed by atoms with Crippen LogP contribution in [0.4, 0.5) is 0 Å². The number of hydrazine groups is 1. The Morgan fingerprint density at radius 3 is 2.64 bits per heavy atom. The van der Waals surface area contributed by atoms with Crippen molar-refractivity contribution < 1.29 is 29.4 Å². The van der Waals surface area contributed by atoms with Gasteiger partial charge in [-0.05, 0) is 12.1 Å². The first kappa shape index (κ1) is 15.6. The fourth-order valence-corrected chi connectivity index (χ4v) is 1.96. The molecular weight excluding hydrogens is 318 g/mol. The molecule has 22 heavy (non-hydrogen) atoms. The number of phenolic OH excluding ortho intramolecular Hbond substituents is 2. The lowest BCUT2D eigenvalue weighted by atomic mass is 10.1. The highest BCUT2D eigenvalue weighted by molar-refractivity contribution is 6.48. The van der Waals surface area contributed by atoms with E-state index >= 15 is 0 Å². The van der Waals surface area contributed by atoms with Crippen molar-refractivity contribution in [1.29, 1.82) is 0 Å². The SMILES string of the molecule is O=C(NN1CCNC(=O)C1=O)C(=O)c1ccc(O)c(O)c1Cl. The molecule has 9 nitrogen and oxygen atoms in total. The highest BCUT2D eigenvalue weighted by atomic mass is 35.5. The summed E-state index contributed by atoms with van der Waals surface area (Å²) in [5.41, 5.74) is 1.63. The Balaban J connectivity index is 2.16. The van der Waals surface area contributed by atoms with Gasteiger partial charge < -0.3 is 15.5 Å². The minimum absolute atomic E-state index is 0.00183. The lowest BCUT2D eigenvalue weighted by Crippen LogP contribution is -2.59. The van der Waals surface area contributed by atoms with Gasteiger partial charge in [-0.25, -0.2) is 5.01 Å². The molecule has 0 unspecified atom stereocenters. The topological polar surface area (TPSA) is 136 Å². The van der Waals surface area contributed by atoms with Gasteiger partial charge in [-0.15, -0.1) is 0 Å². The van der Waals surface area contributed by atoms with Gasteiger partial charge in [0.25, 0.3) is 5.78 Å². The van der Waals surface area contributed by atoms with Crippen LogP contribution in [-0.4, -0.2) is 51.8 Å². The summed E-state index contributed by atoms with van der Waals surface area (Å²) in [4.78, 5) is 46.4. The van der Waals surface area contributed by atoms with Crippen molar-refractivity contribution in [3.05, 3.63) is 22.7 Å². The van der Waals surface area contributed by atoms with Crippen molar-refractivity contribution in [2.24, 2.45) is 0 Å². The number of phenols is 2. The zero-order valence-corrected chi connectivity index (χ0v) is 11.7. The summed E-state index contributed by atoms with van der Waals surface area (Å²) in [5.74, 6) is -5.56. The average Bonchev–Trinajstić information content (AvgIpc) is 2.49. The monoisotopic (exact) mass is 327 g/mol. The second-order valence-electron chi connectivity index (χ2n) is 4.28. The maximum atomic E-state index is 12.0. The first-order valence-corrected chi connectivity index (χ1v) is 6.36. The number of nitrogens with zero attached hydrogens (tertiary/aromatic N) is 1. The van der Waals surface area contributed by atoms with Gasteiger partial charge >= 0.3 is 17.7 Å². The number of piperazine rings is 1. The molecule has 3 amide bonds. The van der Waals surface area contributed by atoms with Gasteiger partial charge in [-0.1, -0.05) is 11.6 Å². The number of aromatic hydroxyl groups is 2. The first-order valence-electron chi connectivity index (χ1n) is 5.98. The standard InChI is InChI=1S/C12H10ClN3O6/c13-7-5(1-2-6(17)9(7)19)8(18)10(20)15-16-4-3-14-11(21)12(16)22/h1-2,17,19H,3-4H2,(H,14,21)(H,15,20). The van der Waals surface area contributed by atoms with Crippen molar-refractivity contribution in [3.63, 3.8) is 0 Å². The number of ketones is 1. The number of hydrogen-bond donors (Lipinski definition) is 4. The van der Waals surface area contributed by atoms with Gasteiger partial charge in [0.1, 0.15) is 0 Å². The number of amides is 3. The fraction of sp³-hybridized carbons (Fsp3) is 0.167. The van der Waals surface area contributed by atoms with Crippen LogP contribution in [0, 0.1) is 0 Å². The number of benzene rings is 1. The van der Waals surface area contributed by atoms with E-state index in [9.17, 15) is 29.4 Å². The minimum atomic E-state index is -1.21. The van der Waals surface area contributed by atoms with E-state index in [0.29, 0.717) is 5.01 Å². The predicted molar refractivity (Wildman–Crippen MR) is 72.0 cm³/mol. The van der Waals surface area contributed by atoms with E-state index in [4.69, 9.17) is 11.6 Å². The Morgan fingerprint density at radius 1 is 1.27 bits per heavy atom. The predicted octanol–water partition coefficient (Wildman–Crippen LogP) is -1.08. The molecule has 1 aromatic carbocycles. The summed E-state index contributed by atoms with van der Waals surface area (Å²) in [5, 5.41) is 21.1. The third kappa shape index (κ3) is 2.79. The molecule has 0 spiro atoms. The van der Waals surface area contributed by atoms with Crippen molar-refractivity contribution in [2.45, 2.75) is 0 Å². The third-order valence-electron chi connectivity index (χ3n) is 2.84. The van der Waals surface area contributed by atoms with E-state index < -0.39 is 40.0 Å². The number of nitrogens with one attached hydrogen (secondary N) is 2. The minimum Gasteiger partial charge on any atom is -0.504 e. The molecule has 1 heterocycles. The van der Waals surface area contributed by atoms with Crippen LogP contribution >= 0.6 is 11.6 Å². The molecule has 0 bridgehead atoms. The zero-order chi connectivity index (χ0) is 16.4. The number of carbonyl (C=O) groups is 4. The van der Waals surface area contributed by atoms with Crippen molar-refractivity contribution in [1.82, 2.24) is 15.8 Å². The summed E-state index contributed by atoms with van der Waals surface area (Å²) in [6.07, 6.45) is 0. The molecule has 2 rings (SSSR count). The lowest BCUT2D eigenvalue weighted by molar-refractivity contribution is -0.152. The molecule has 0 aliphatic carbocycles. The molecule has 1 aromatic rings. The number of halogens is 1. The van der Waals surface area contributed by atoms with Crippen LogP contribution in [-0.2, 0) is 14.4 Å². The van der Waals surface area contributed by atoms with Crippen LogP contribution in [0.15, 0.2) is 12.1 Å². The molecule has 4 N–H and O–H groups in total. The Morgan fingerprint density at radius 2 is 1.95 bits per heavy atom. The Kier molecular flexibility index (Phi) is 4.18. The largest absolute Gasteiger partial charge is 0.504 e. The number of Topliss-reactive ketones (excluding diaryl/α,β-unsaturated/α-hetero) is 1. The molecule has 0 aromatic heterocycles. The van der Waals surface area contributed by atoms with Crippen molar-refractivity contribution in [3.8, 4) is 11.5 Å². The van der Waals surface area contributed by atoms with Crippen LogP contribution in [0.3, 0.4) is 0 Å². The second kappa shape index (κ2) is 5.90. The quantitative estimate of drug-likeness (QED) is 0.317. The molecule has 116 valence electrons. The van der Waals surface area contributed by atoms with E-state index in [2.05, 4.69) is 5.32 Å². The summed E-state index contributed by atoms with van der Waals surface area (Å²) in [6.45, 7) is 0.123. The summed E-state index contributed by atoms with van der Waals surface area (Å²) >= 11 is 5.68. The van der Waals surface area contributed by atoms with Gasteiger partial charge in [0.2, 0.25) is 0 Å². The van der Waals surface area contributed by atoms with E-state index in [1.807, 2.05) is 5.43 Å². The normalized spacial score (nSPS) is 14.5. The summed E-state index contributed by atoms with van der Waals surface area (Å²) in [7, 11) is 0. The Bertz CT molecular complexity index is 690. The molecule has 0 atom stereocenters. The highest BCUT2D eigenvalue weighted by Crippen LogP contribution is 2.35. The van der Waals surface area contributed by atoms with E-state index in [-0.39, 0.29) is 18.7 Å². The van der Waals surface area contributed by atoms with Gasteiger partial charge in [-0.3, -0.25) is 24.6 Å². The molecular formula is C12H10ClN3O6. The van der Waals surface area contributed by atoms with E-state index in [1.165, 1.54) is 0 Å². The van der Waals surface area contributed by atoms with Gasteiger partial charge in [0.15, 0.2) is 11.5 Å². The molecule has 1 aliphatic heterocycles. The van der Waals surface area contributed by atoms with Crippen LogP contribution < -0.4 is 10.7 Å². The van der Waals surface area contributed by atoms with Crippen molar-refractivity contribution in [2.75, 3.05) is 13.1 Å². The van der Waals surface area contributed by atoms with Crippen molar-refractivity contribution >= 4 is 35.1 Å². The molecule has 10 heteroatoms. The molecule has 0 radical (unpaired) electrons. The maximum Gasteiger partial charge on any atom is 0.330 e. The van der Waals surface area contributed by atoms with Gasteiger partial charge in [0, 0.05) is 6.54 Å². The molecule has 1 fully saturated rings. The Labute approximate surface area is 128 Å². The number of rotatable bonds is 3. The Hall–Kier alpha value is -2.81. The molecule has 1 saturated heterocycles.